The van der Waals surface area contributed by atoms with Crippen molar-refractivity contribution in [3.8, 4) is 0 Å². The Bertz CT molecular complexity index is 766. The lowest BCUT2D eigenvalue weighted by molar-refractivity contribution is 0.0602. The minimum Gasteiger partial charge on any atom is -0.465 e. The second-order valence-electron chi connectivity index (χ2n) is 4.71. The quantitative estimate of drug-likeness (QED) is 0.689. The summed E-state index contributed by atoms with van der Waals surface area (Å²) in [5.41, 5.74) is 2.21. The van der Waals surface area contributed by atoms with Crippen molar-refractivity contribution in [3.05, 3.63) is 65.6 Å². The molecule has 0 unspecified atom stereocenters. The lowest BCUT2D eigenvalue weighted by Gasteiger charge is -2.03. The molecule has 21 heavy (non-hydrogen) atoms. The number of rotatable bonds is 4. The molecular formula is C16H15N3O2. The number of ether oxygens (including phenoxy) is 1. The van der Waals surface area contributed by atoms with E-state index in [9.17, 15) is 4.79 Å². The summed E-state index contributed by atoms with van der Waals surface area (Å²) in [6.07, 6.45) is 3.50. The van der Waals surface area contributed by atoms with Gasteiger partial charge in [-0.05, 0) is 24.1 Å². The topological polar surface area (TPSA) is 56.5 Å². The van der Waals surface area contributed by atoms with Gasteiger partial charge in [-0.15, -0.1) is 10.2 Å². The van der Waals surface area contributed by atoms with Crippen molar-refractivity contribution in [1.29, 1.82) is 0 Å². The molecule has 5 nitrogen and oxygen atoms in total. The number of hydrogen-bond donors (Lipinski definition) is 0. The Labute approximate surface area is 122 Å². The monoisotopic (exact) mass is 281 g/mol. The predicted molar refractivity (Wildman–Crippen MR) is 78.2 cm³/mol. The van der Waals surface area contributed by atoms with Crippen molar-refractivity contribution in [3.63, 3.8) is 0 Å². The molecule has 0 saturated carbocycles. The highest BCUT2D eigenvalue weighted by molar-refractivity contribution is 5.95. The van der Waals surface area contributed by atoms with E-state index in [1.807, 2.05) is 28.8 Å². The van der Waals surface area contributed by atoms with Gasteiger partial charge in [0.25, 0.3) is 0 Å². The molecule has 0 aliphatic heterocycles. The second-order valence-corrected chi connectivity index (χ2v) is 4.71. The van der Waals surface area contributed by atoms with E-state index in [1.165, 1.54) is 12.7 Å². The fourth-order valence-electron chi connectivity index (χ4n) is 2.30. The molecule has 2 heterocycles. The Balaban J connectivity index is 1.89. The fourth-order valence-corrected chi connectivity index (χ4v) is 2.30. The van der Waals surface area contributed by atoms with Crippen LogP contribution in [-0.4, -0.2) is 27.7 Å². The van der Waals surface area contributed by atoms with Gasteiger partial charge in [0.1, 0.15) is 11.4 Å². The maximum Gasteiger partial charge on any atom is 0.341 e. The molecule has 3 rings (SSSR count). The maximum atomic E-state index is 11.7. The Morgan fingerprint density at radius 3 is 2.67 bits per heavy atom. The number of aromatic nitrogens is 3. The number of esters is 1. The average molecular weight is 281 g/mol. The largest absolute Gasteiger partial charge is 0.465 e. The highest BCUT2D eigenvalue weighted by Gasteiger charge is 2.14. The van der Waals surface area contributed by atoms with E-state index in [0.717, 1.165) is 18.7 Å². The van der Waals surface area contributed by atoms with Gasteiger partial charge in [-0.2, -0.15) is 0 Å². The first-order valence-corrected chi connectivity index (χ1v) is 6.74. The van der Waals surface area contributed by atoms with Crippen LogP contribution in [0.2, 0.25) is 0 Å². The molecule has 0 aliphatic carbocycles. The van der Waals surface area contributed by atoms with Crippen LogP contribution in [0.5, 0.6) is 0 Å². The van der Waals surface area contributed by atoms with Gasteiger partial charge in [-0.25, -0.2) is 4.79 Å². The van der Waals surface area contributed by atoms with Gasteiger partial charge in [-0.1, -0.05) is 30.3 Å². The number of hydrogen-bond acceptors (Lipinski definition) is 4. The highest BCUT2D eigenvalue weighted by Crippen LogP contribution is 2.13. The number of aryl methyl sites for hydroxylation is 2. The van der Waals surface area contributed by atoms with Crippen molar-refractivity contribution in [2.75, 3.05) is 7.11 Å². The number of nitrogens with zero attached hydrogens (tertiary/aromatic N) is 3. The zero-order valence-electron chi connectivity index (χ0n) is 11.7. The van der Waals surface area contributed by atoms with E-state index in [-0.39, 0.29) is 0 Å². The van der Waals surface area contributed by atoms with E-state index in [4.69, 9.17) is 4.74 Å². The first kappa shape index (κ1) is 13.3. The van der Waals surface area contributed by atoms with Crippen LogP contribution >= 0.6 is 0 Å². The van der Waals surface area contributed by atoms with Crippen LogP contribution in [0.4, 0.5) is 0 Å². The molecule has 1 aromatic carbocycles. The van der Waals surface area contributed by atoms with Gasteiger partial charge in [-0.3, -0.25) is 4.40 Å². The molecule has 0 bridgehead atoms. The van der Waals surface area contributed by atoms with Crippen LogP contribution in [0.25, 0.3) is 5.65 Å². The summed E-state index contributed by atoms with van der Waals surface area (Å²) in [4.78, 5) is 11.7. The van der Waals surface area contributed by atoms with E-state index in [0.29, 0.717) is 11.2 Å². The summed E-state index contributed by atoms with van der Waals surface area (Å²) < 4.78 is 6.61. The Morgan fingerprint density at radius 2 is 1.90 bits per heavy atom. The standard InChI is InChI=1S/C16H15N3O2/c1-21-16(20)13-8-5-11-19-14(17-18-15(13)19)10-9-12-6-3-2-4-7-12/h2-8,11H,9-10H2,1H3. The van der Waals surface area contributed by atoms with Crippen LogP contribution in [0.1, 0.15) is 21.7 Å². The summed E-state index contributed by atoms with van der Waals surface area (Å²) >= 11 is 0. The van der Waals surface area contributed by atoms with Crippen LogP contribution in [-0.2, 0) is 17.6 Å². The van der Waals surface area contributed by atoms with Crippen LogP contribution in [0.3, 0.4) is 0 Å². The van der Waals surface area contributed by atoms with Crippen LogP contribution in [0, 0.1) is 0 Å². The van der Waals surface area contributed by atoms with Gasteiger partial charge in [0.15, 0.2) is 5.65 Å². The van der Waals surface area contributed by atoms with E-state index < -0.39 is 5.97 Å². The van der Waals surface area contributed by atoms with Crippen LogP contribution < -0.4 is 0 Å². The molecule has 106 valence electrons. The molecular weight excluding hydrogens is 266 g/mol. The SMILES string of the molecule is COC(=O)c1cccn2c(CCc3ccccc3)nnc12. The van der Waals surface area contributed by atoms with E-state index in [1.54, 1.807) is 12.1 Å². The van der Waals surface area contributed by atoms with Crippen molar-refractivity contribution >= 4 is 11.6 Å². The summed E-state index contributed by atoms with van der Waals surface area (Å²) in [5, 5.41) is 8.30. The Morgan fingerprint density at radius 1 is 1.10 bits per heavy atom. The number of benzene rings is 1. The third kappa shape index (κ3) is 2.63. The minimum absolute atomic E-state index is 0.400. The van der Waals surface area contributed by atoms with Crippen molar-refractivity contribution < 1.29 is 9.53 Å². The van der Waals surface area contributed by atoms with Gasteiger partial charge < -0.3 is 4.74 Å². The van der Waals surface area contributed by atoms with Crippen molar-refractivity contribution in [1.82, 2.24) is 14.6 Å². The van der Waals surface area contributed by atoms with Crippen molar-refractivity contribution in [2.24, 2.45) is 0 Å². The van der Waals surface area contributed by atoms with Gasteiger partial charge in [0, 0.05) is 12.6 Å². The summed E-state index contributed by atoms with van der Waals surface area (Å²) in [6, 6.07) is 13.7. The molecule has 2 aromatic heterocycles. The molecule has 0 amide bonds. The molecule has 0 spiro atoms. The number of methoxy groups -OCH3 is 1. The van der Waals surface area contributed by atoms with Gasteiger partial charge in [0.2, 0.25) is 0 Å². The highest BCUT2D eigenvalue weighted by atomic mass is 16.5. The smallest absolute Gasteiger partial charge is 0.341 e. The molecule has 0 atom stereocenters. The fraction of sp³-hybridized carbons (Fsp3) is 0.188. The normalized spacial score (nSPS) is 10.7. The molecule has 0 radical (unpaired) electrons. The molecule has 3 aromatic rings. The minimum atomic E-state index is -0.400. The zero-order valence-corrected chi connectivity index (χ0v) is 11.7. The van der Waals surface area contributed by atoms with E-state index >= 15 is 0 Å². The number of pyridine rings is 1. The summed E-state index contributed by atoms with van der Waals surface area (Å²) in [6.45, 7) is 0. The molecule has 5 heteroatoms. The zero-order chi connectivity index (χ0) is 14.7. The first-order chi connectivity index (χ1) is 10.3. The number of fused-ring (bicyclic) bond motifs is 1. The Hall–Kier alpha value is -2.69. The second kappa shape index (κ2) is 5.75. The lowest BCUT2D eigenvalue weighted by atomic mass is 10.1. The number of carbonyl (C=O) groups excluding carboxylic acids is 1. The third-order valence-electron chi connectivity index (χ3n) is 3.39. The molecule has 0 aliphatic rings. The molecule has 0 saturated heterocycles. The molecule has 0 N–H and O–H groups in total. The predicted octanol–water partition coefficient (Wildman–Crippen LogP) is 2.30. The molecule has 0 fully saturated rings. The lowest BCUT2D eigenvalue weighted by Crippen LogP contribution is -2.05. The Kier molecular flexibility index (Phi) is 3.64. The maximum absolute atomic E-state index is 11.7. The van der Waals surface area contributed by atoms with Gasteiger partial charge in [0.05, 0.1) is 7.11 Å². The number of carbonyl (C=O) groups is 1. The van der Waals surface area contributed by atoms with Crippen LogP contribution in [0.15, 0.2) is 48.7 Å². The average Bonchev–Trinajstić information content (AvgIpc) is 2.96. The third-order valence-corrected chi connectivity index (χ3v) is 3.39. The van der Waals surface area contributed by atoms with Crippen molar-refractivity contribution in [2.45, 2.75) is 12.8 Å². The summed E-state index contributed by atoms with van der Waals surface area (Å²) in [5.74, 6) is 0.433. The van der Waals surface area contributed by atoms with E-state index in [2.05, 4.69) is 22.3 Å². The first-order valence-electron chi connectivity index (χ1n) is 6.74. The summed E-state index contributed by atoms with van der Waals surface area (Å²) in [7, 11) is 1.36. The van der Waals surface area contributed by atoms with Gasteiger partial charge >= 0.3 is 5.97 Å².